The van der Waals surface area contributed by atoms with Crippen LogP contribution in [0.4, 0.5) is 4.39 Å². The van der Waals surface area contributed by atoms with Crippen molar-refractivity contribution in [1.29, 1.82) is 0 Å². The molecule has 0 amide bonds. The zero-order chi connectivity index (χ0) is 10.7. The highest BCUT2D eigenvalue weighted by Crippen LogP contribution is 2.14. The van der Waals surface area contributed by atoms with Crippen molar-refractivity contribution in [2.24, 2.45) is 0 Å². The number of ether oxygens (including phenoxy) is 1. The molecule has 2 rings (SSSR count). The maximum Gasteiger partial charge on any atom is 0.127 e. The molecule has 0 saturated carbocycles. The highest BCUT2D eigenvalue weighted by atomic mass is 19.1. The summed E-state index contributed by atoms with van der Waals surface area (Å²) in [6.45, 7) is 3.42. The third kappa shape index (κ3) is 2.55. The van der Waals surface area contributed by atoms with Gasteiger partial charge in [0.25, 0.3) is 0 Å². The average Bonchev–Trinajstić information content (AvgIpc) is 2.63. The molecule has 3 heteroatoms. The molecule has 1 N–H and O–H groups in total. The van der Waals surface area contributed by atoms with Crippen LogP contribution >= 0.6 is 0 Å². The van der Waals surface area contributed by atoms with Crippen LogP contribution < -0.4 is 5.32 Å². The van der Waals surface area contributed by atoms with E-state index in [0.717, 1.165) is 18.6 Å². The van der Waals surface area contributed by atoms with E-state index in [4.69, 9.17) is 4.74 Å². The molecule has 0 bridgehead atoms. The Hall–Kier alpha value is -0.930. The fourth-order valence-corrected chi connectivity index (χ4v) is 1.88. The quantitative estimate of drug-likeness (QED) is 0.823. The number of nitrogens with one attached hydrogen (secondary N) is 1. The van der Waals surface area contributed by atoms with Gasteiger partial charge in [0.05, 0.1) is 6.10 Å². The second-order valence-electron chi connectivity index (χ2n) is 3.94. The van der Waals surface area contributed by atoms with E-state index in [1.165, 1.54) is 6.07 Å². The molecule has 2 nitrogen and oxygen atoms in total. The van der Waals surface area contributed by atoms with Gasteiger partial charge in [0.2, 0.25) is 0 Å². The maximum absolute atomic E-state index is 13.3. The van der Waals surface area contributed by atoms with E-state index in [2.05, 4.69) is 5.32 Å². The summed E-state index contributed by atoms with van der Waals surface area (Å²) >= 11 is 0. The van der Waals surface area contributed by atoms with Crippen molar-refractivity contribution < 1.29 is 9.13 Å². The number of hydrogen-bond acceptors (Lipinski definition) is 2. The predicted octanol–water partition coefficient (Wildman–Crippen LogP) is 2.09. The van der Waals surface area contributed by atoms with Crippen molar-refractivity contribution in [2.75, 3.05) is 6.61 Å². The molecular formula is C12H16FNO. The van der Waals surface area contributed by atoms with Crippen LogP contribution in [0.3, 0.4) is 0 Å². The van der Waals surface area contributed by atoms with Crippen molar-refractivity contribution in [2.45, 2.75) is 32.0 Å². The molecule has 1 aliphatic rings. The van der Waals surface area contributed by atoms with Crippen molar-refractivity contribution >= 4 is 0 Å². The van der Waals surface area contributed by atoms with Gasteiger partial charge in [0, 0.05) is 24.8 Å². The fraction of sp³-hybridized carbons (Fsp3) is 0.500. The van der Waals surface area contributed by atoms with Gasteiger partial charge in [-0.1, -0.05) is 18.2 Å². The number of hydrogen-bond donors (Lipinski definition) is 1. The highest BCUT2D eigenvalue weighted by molar-refractivity contribution is 5.17. The summed E-state index contributed by atoms with van der Waals surface area (Å²) in [6, 6.07) is 7.22. The Morgan fingerprint density at radius 3 is 2.93 bits per heavy atom. The lowest BCUT2D eigenvalue weighted by Gasteiger charge is -2.16. The Balaban J connectivity index is 1.90. The summed E-state index contributed by atoms with van der Waals surface area (Å²) in [5.74, 6) is -0.142. The third-order valence-corrected chi connectivity index (χ3v) is 2.89. The summed E-state index contributed by atoms with van der Waals surface area (Å²) in [5, 5.41) is 3.32. The van der Waals surface area contributed by atoms with Crippen LogP contribution in [0.5, 0.6) is 0 Å². The zero-order valence-electron chi connectivity index (χ0n) is 8.87. The van der Waals surface area contributed by atoms with Crippen molar-refractivity contribution in [1.82, 2.24) is 5.32 Å². The molecule has 1 fully saturated rings. The number of rotatable bonds is 3. The largest absolute Gasteiger partial charge is 0.377 e. The Labute approximate surface area is 89.4 Å². The van der Waals surface area contributed by atoms with Crippen LogP contribution in [0.2, 0.25) is 0 Å². The maximum atomic E-state index is 13.3. The Morgan fingerprint density at radius 2 is 2.27 bits per heavy atom. The van der Waals surface area contributed by atoms with Gasteiger partial charge in [0.1, 0.15) is 5.82 Å². The first-order valence-electron chi connectivity index (χ1n) is 5.36. The summed E-state index contributed by atoms with van der Waals surface area (Å²) < 4.78 is 18.7. The van der Waals surface area contributed by atoms with Gasteiger partial charge in [-0.15, -0.1) is 0 Å². The first-order chi connectivity index (χ1) is 7.27. The molecule has 1 aromatic rings. The molecule has 2 atom stereocenters. The van der Waals surface area contributed by atoms with Gasteiger partial charge in [-0.05, 0) is 19.4 Å². The minimum absolute atomic E-state index is 0.142. The Kier molecular flexibility index (Phi) is 3.34. The monoisotopic (exact) mass is 209 g/mol. The minimum atomic E-state index is -0.142. The SMILES string of the molecule is C[C@@H]1OCC[C@H]1NCc1ccccc1F. The summed E-state index contributed by atoms with van der Waals surface area (Å²) in [6.07, 6.45) is 1.24. The molecule has 0 aromatic heterocycles. The fourth-order valence-electron chi connectivity index (χ4n) is 1.88. The van der Waals surface area contributed by atoms with Crippen LogP contribution in [0.1, 0.15) is 18.9 Å². The Bertz CT molecular complexity index is 329. The van der Waals surface area contributed by atoms with Crippen LogP contribution in [-0.2, 0) is 11.3 Å². The molecule has 1 aromatic carbocycles. The molecule has 0 aliphatic carbocycles. The van der Waals surface area contributed by atoms with Gasteiger partial charge in [-0.2, -0.15) is 0 Å². The van der Waals surface area contributed by atoms with E-state index in [1.54, 1.807) is 6.07 Å². The second kappa shape index (κ2) is 4.73. The second-order valence-corrected chi connectivity index (χ2v) is 3.94. The van der Waals surface area contributed by atoms with E-state index < -0.39 is 0 Å². The predicted molar refractivity (Wildman–Crippen MR) is 57.1 cm³/mol. The standard InChI is InChI=1S/C12H16FNO/c1-9-12(6-7-15-9)14-8-10-4-2-3-5-11(10)13/h2-5,9,12,14H,6-8H2,1H3/t9-,12+/m0/s1. The number of halogens is 1. The summed E-state index contributed by atoms with van der Waals surface area (Å²) in [4.78, 5) is 0. The lowest BCUT2D eigenvalue weighted by molar-refractivity contribution is 0.113. The molecule has 1 heterocycles. The first-order valence-corrected chi connectivity index (χ1v) is 5.36. The molecule has 0 unspecified atom stereocenters. The van der Waals surface area contributed by atoms with Gasteiger partial charge >= 0.3 is 0 Å². The average molecular weight is 209 g/mol. The van der Waals surface area contributed by atoms with E-state index in [0.29, 0.717) is 12.6 Å². The molecule has 15 heavy (non-hydrogen) atoms. The van der Waals surface area contributed by atoms with E-state index in [1.807, 2.05) is 19.1 Å². The van der Waals surface area contributed by atoms with Gasteiger partial charge < -0.3 is 10.1 Å². The lowest BCUT2D eigenvalue weighted by atomic mass is 10.1. The molecular weight excluding hydrogens is 193 g/mol. The molecule has 82 valence electrons. The molecule has 0 spiro atoms. The smallest absolute Gasteiger partial charge is 0.127 e. The topological polar surface area (TPSA) is 21.3 Å². The number of benzene rings is 1. The molecule has 0 radical (unpaired) electrons. The lowest BCUT2D eigenvalue weighted by Crippen LogP contribution is -2.34. The third-order valence-electron chi connectivity index (χ3n) is 2.89. The van der Waals surface area contributed by atoms with Gasteiger partial charge in [-0.25, -0.2) is 4.39 Å². The normalized spacial score (nSPS) is 25.7. The summed E-state index contributed by atoms with van der Waals surface area (Å²) in [5.41, 5.74) is 0.719. The highest BCUT2D eigenvalue weighted by Gasteiger charge is 2.23. The van der Waals surface area contributed by atoms with Gasteiger partial charge in [-0.3, -0.25) is 0 Å². The van der Waals surface area contributed by atoms with Crippen molar-refractivity contribution in [3.8, 4) is 0 Å². The molecule has 1 saturated heterocycles. The van der Waals surface area contributed by atoms with Crippen LogP contribution in [-0.4, -0.2) is 18.8 Å². The van der Waals surface area contributed by atoms with Gasteiger partial charge in [0.15, 0.2) is 0 Å². The van der Waals surface area contributed by atoms with Crippen LogP contribution in [0, 0.1) is 5.82 Å². The van der Waals surface area contributed by atoms with E-state index in [9.17, 15) is 4.39 Å². The van der Waals surface area contributed by atoms with Crippen molar-refractivity contribution in [3.63, 3.8) is 0 Å². The van der Waals surface area contributed by atoms with Crippen molar-refractivity contribution in [3.05, 3.63) is 35.6 Å². The Morgan fingerprint density at radius 1 is 1.47 bits per heavy atom. The first kappa shape index (κ1) is 10.6. The van der Waals surface area contributed by atoms with Crippen LogP contribution in [0.15, 0.2) is 24.3 Å². The zero-order valence-corrected chi connectivity index (χ0v) is 8.87. The van der Waals surface area contributed by atoms with E-state index >= 15 is 0 Å². The van der Waals surface area contributed by atoms with E-state index in [-0.39, 0.29) is 11.9 Å². The minimum Gasteiger partial charge on any atom is -0.377 e. The molecule has 1 aliphatic heterocycles. The van der Waals surface area contributed by atoms with Crippen LogP contribution in [0.25, 0.3) is 0 Å². The summed E-state index contributed by atoms with van der Waals surface area (Å²) in [7, 11) is 0.